The van der Waals surface area contributed by atoms with Crippen molar-refractivity contribution < 1.29 is 18.1 Å². The fourth-order valence-electron chi connectivity index (χ4n) is 1.70. The van der Waals surface area contributed by atoms with Crippen LogP contribution in [0, 0.1) is 0 Å². The minimum atomic E-state index is -2.56. The van der Waals surface area contributed by atoms with E-state index in [4.69, 9.17) is 8.54 Å². The lowest BCUT2D eigenvalue weighted by Gasteiger charge is -2.36. The molecule has 0 aliphatic heterocycles. The van der Waals surface area contributed by atoms with E-state index < -0.39 is 25.4 Å². The SMILES string of the molecule is CCC(O[Si](C)(C)O[Si](C)(C)O)[Si](C)(C)O. The second-order valence-corrected chi connectivity index (χ2v) is 16.3. The maximum Gasteiger partial charge on any atom is 0.323 e. The maximum atomic E-state index is 10.1. The van der Waals surface area contributed by atoms with E-state index in [-0.39, 0.29) is 5.73 Å². The van der Waals surface area contributed by atoms with Gasteiger partial charge in [-0.1, -0.05) is 6.92 Å². The molecule has 0 amide bonds. The van der Waals surface area contributed by atoms with Crippen molar-refractivity contribution in [3.8, 4) is 0 Å². The van der Waals surface area contributed by atoms with E-state index in [2.05, 4.69) is 0 Å². The molecule has 16 heavy (non-hydrogen) atoms. The summed E-state index contributed by atoms with van der Waals surface area (Å²) < 4.78 is 11.6. The smallest absolute Gasteiger partial charge is 0.323 e. The molecule has 1 unspecified atom stereocenters. The third-order valence-electron chi connectivity index (χ3n) is 2.08. The van der Waals surface area contributed by atoms with Crippen LogP contribution in [-0.4, -0.2) is 40.8 Å². The Labute approximate surface area is 102 Å². The predicted molar refractivity (Wildman–Crippen MR) is 73.1 cm³/mol. The summed E-state index contributed by atoms with van der Waals surface area (Å²) in [5.74, 6) is 0. The third-order valence-corrected chi connectivity index (χ3v) is 9.23. The van der Waals surface area contributed by atoms with Gasteiger partial charge in [0.15, 0.2) is 0 Å². The highest BCUT2D eigenvalue weighted by molar-refractivity contribution is 6.79. The lowest BCUT2D eigenvalue weighted by atomic mass is 10.5. The summed E-state index contributed by atoms with van der Waals surface area (Å²) >= 11 is 0. The molecule has 0 rings (SSSR count). The summed E-state index contributed by atoms with van der Waals surface area (Å²) in [6.07, 6.45) is 0.781. The van der Waals surface area contributed by atoms with Crippen molar-refractivity contribution in [2.75, 3.05) is 0 Å². The molecule has 0 aliphatic carbocycles. The molecule has 0 aromatic heterocycles. The molecular formula is C9H26O4Si3. The second kappa shape index (κ2) is 5.42. The molecule has 0 bridgehead atoms. The molecule has 0 saturated heterocycles. The van der Waals surface area contributed by atoms with E-state index >= 15 is 0 Å². The summed E-state index contributed by atoms with van der Waals surface area (Å²) in [6, 6.07) is 0. The van der Waals surface area contributed by atoms with Crippen LogP contribution in [0.15, 0.2) is 0 Å². The molecule has 0 heterocycles. The van der Waals surface area contributed by atoms with Gasteiger partial charge in [-0.3, -0.25) is 0 Å². The van der Waals surface area contributed by atoms with E-state index in [0.29, 0.717) is 0 Å². The summed E-state index contributed by atoms with van der Waals surface area (Å²) in [5, 5.41) is 0. The Bertz CT molecular complexity index is 220. The van der Waals surface area contributed by atoms with Crippen molar-refractivity contribution in [1.82, 2.24) is 0 Å². The van der Waals surface area contributed by atoms with Gasteiger partial charge in [0.05, 0.1) is 5.73 Å². The minimum Gasteiger partial charge on any atom is -0.430 e. The van der Waals surface area contributed by atoms with Crippen molar-refractivity contribution >= 4 is 25.4 Å². The Morgan fingerprint density at radius 2 is 1.44 bits per heavy atom. The van der Waals surface area contributed by atoms with Crippen LogP contribution >= 0.6 is 0 Å². The summed E-state index contributed by atoms with van der Waals surface area (Å²) in [4.78, 5) is 19.8. The minimum absolute atomic E-state index is 0.120. The van der Waals surface area contributed by atoms with Crippen molar-refractivity contribution in [2.24, 2.45) is 0 Å². The third kappa shape index (κ3) is 6.94. The average Bonchev–Trinajstić information content (AvgIpc) is 1.93. The van der Waals surface area contributed by atoms with Gasteiger partial charge in [0.1, 0.15) is 0 Å². The highest BCUT2D eigenvalue weighted by Gasteiger charge is 2.40. The largest absolute Gasteiger partial charge is 0.430 e. The van der Waals surface area contributed by atoms with Crippen LogP contribution in [0.3, 0.4) is 0 Å². The predicted octanol–water partition coefficient (Wildman–Crippen LogP) is 1.93. The van der Waals surface area contributed by atoms with E-state index in [1.807, 2.05) is 33.1 Å². The van der Waals surface area contributed by atoms with Crippen LogP contribution in [0.2, 0.25) is 39.3 Å². The topological polar surface area (TPSA) is 58.9 Å². The first kappa shape index (κ1) is 16.5. The van der Waals surface area contributed by atoms with Gasteiger partial charge < -0.3 is 18.1 Å². The van der Waals surface area contributed by atoms with Gasteiger partial charge in [0, 0.05) is 0 Å². The van der Waals surface area contributed by atoms with Crippen molar-refractivity contribution in [1.29, 1.82) is 0 Å². The summed E-state index contributed by atoms with van der Waals surface area (Å²) in [7, 11) is -7.21. The van der Waals surface area contributed by atoms with Crippen LogP contribution < -0.4 is 0 Å². The molecule has 98 valence electrons. The first-order valence-electron chi connectivity index (χ1n) is 5.70. The Balaban J connectivity index is 4.56. The summed E-state index contributed by atoms with van der Waals surface area (Å²) in [6.45, 7) is 13.0. The molecule has 0 aliphatic rings. The molecule has 2 N–H and O–H groups in total. The quantitative estimate of drug-likeness (QED) is 0.731. The van der Waals surface area contributed by atoms with Gasteiger partial charge in [0.25, 0.3) is 0 Å². The fraction of sp³-hybridized carbons (Fsp3) is 1.00. The highest BCUT2D eigenvalue weighted by atomic mass is 28.5. The van der Waals surface area contributed by atoms with Crippen molar-refractivity contribution in [3.05, 3.63) is 0 Å². The highest BCUT2D eigenvalue weighted by Crippen LogP contribution is 2.21. The van der Waals surface area contributed by atoms with Crippen LogP contribution in [-0.2, 0) is 8.54 Å². The average molecular weight is 283 g/mol. The van der Waals surface area contributed by atoms with Crippen LogP contribution in [0.5, 0.6) is 0 Å². The van der Waals surface area contributed by atoms with Crippen LogP contribution in [0.4, 0.5) is 0 Å². The van der Waals surface area contributed by atoms with Gasteiger partial charge in [-0.05, 0) is 45.7 Å². The van der Waals surface area contributed by atoms with Crippen LogP contribution in [0.1, 0.15) is 13.3 Å². The van der Waals surface area contributed by atoms with Crippen molar-refractivity contribution in [2.45, 2.75) is 58.4 Å². The summed E-state index contributed by atoms with van der Waals surface area (Å²) in [5.41, 5.74) is -0.120. The molecule has 0 fully saturated rings. The number of rotatable bonds is 6. The van der Waals surface area contributed by atoms with Crippen molar-refractivity contribution in [3.63, 3.8) is 0 Å². The molecule has 0 aromatic carbocycles. The zero-order chi connectivity index (χ0) is 13.2. The zero-order valence-electron chi connectivity index (χ0n) is 11.5. The Kier molecular flexibility index (Phi) is 5.59. The van der Waals surface area contributed by atoms with E-state index in [0.717, 1.165) is 6.42 Å². The number of hydrogen-bond donors (Lipinski definition) is 2. The van der Waals surface area contributed by atoms with E-state index in [1.165, 1.54) is 0 Å². The molecule has 1 atom stereocenters. The molecule has 7 heteroatoms. The molecule has 0 radical (unpaired) electrons. The lowest BCUT2D eigenvalue weighted by Crippen LogP contribution is -2.54. The molecule has 0 aromatic rings. The Hall–Kier alpha value is 0.491. The first-order chi connectivity index (χ1) is 6.87. The molecule has 4 nitrogen and oxygen atoms in total. The van der Waals surface area contributed by atoms with Gasteiger partial charge in [0.2, 0.25) is 8.32 Å². The van der Waals surface area contributed by atoms with E-state index in [1.54, 1.807) is 13.1 Å². The van der Waals surface area contributed by atoms with Gasteiger partial charge in [-0.25, -0.2) is 0 Å². The van der Waals surface area contributed by atoms with E-state index in [9.17, 15) is 9.59 Å². The normalized spacial score (nSPS) is 16.3. The Morgan fingerprint density at radius 1 is 1.00 bits per heavy atom. The van der Waals surface area contributed by atoms with Gasteiger partial charge in [-0.2, -0.15) is 0 Å². The lowest BCUT2D eigenvalue weighted by molar-refractivity contribution is 0.180. The first-order valence-corrected chi connectivity index (χ1v) is 14.4. The fourth-order valence-corrected chi connectivity index (χ4v) is 10.6. The zero-order valence-corrected chi connectivity index (χ0v) is 14.5. The van der Waals surface area contributed by atoms with Gasteiger partial charge in [-0.15, -0.1) is 0 Å². The number of hydrogen-bond acceptors (Lipinski definition) is 4. The Morgan fingerprint density at radius 3 is 1.69 bits per heavy atom. The molecule has 0 spiro atoms. The van der Waals surface area contributed by atoms with Crippen LogP contribution in [0.25, 0.3) is 0 Å². The maximum absolute atomic E-state index is 10.1. The van der Waals surface area contributed by atoms with Gasteiger partial charge >= 0.3 is 17.1 Å². The second-order valence-electron chi connectivity index (χ2n) is 5.62. The molecule has 0 saturated carbocycles. The molecular weight excluding hydrogens is 256 g/mol. The monoisotopic (exact) mass is 282 g/mol. The standard InChI is InChI=1S/C9H26O4Si3/c1-8-9(14(2,3)10)12-16(6,7)13-15(4,5)11/h9-11H,8H2,1-7H3.